The summed E-state index contributed by atoms with van der Waals surface area (Å²) in [5.74, 6) is 0.706. The van der Waals surface area contributed by atoms with Crippen molar-refractivity contribution in [3.8, 4) is 0 Å². The number of nitrogens with one attached hydrogen (secondary N) is 1. The minimum Gasteiger partial charge on any atom is -0.365 e. The summed E-state index contributed by atoms with van der Waals surface area (Å²) >= 11 is 0. The largest absolute Gasteiger partial charge is 0.365 e. The molecule has 2 aromatic rings. The number of benzene rings is 1. The number of hydrogen-bond donors (Lipinski definition) is 1. The molecule has 1 heterocycles. The molecule has 0 fully saturated rings. The zero-order chi connectivity index (χ0) is 16.1. The van der Waals surface area contributed by atoms with Crippen LogP contribution in [0.25, 0.3) is 11.0 Å². The number of para-hydroxylation sites is 2. The first-order valence-electron chi connectivity index (χ1n) is 7.56. The molecule has 1 N–H and O–H groups in total. The van der Waals surface area contributed by atoms with E-state index in [1.165, 1.54) is 0 Å². The third-order valence-corrected chi connectivity index (χ3v) is 3.58. The first kappa shape index (κ1) is 16.2. The maximum absolute atomic E-state index is 12.1. The van der Waals surface area contributed by atoms with Crippen LogP contribution in [0.15, 0.2) is 36.9 Å². The van der Waals surface area contributed by atoms with E-state index in [-0.39, 0.29) is 11.9 Å². The predicted octanol–water partition coefficient (Wildman–Crippen LogP) is 2.82. The Kier molecular flexibility index (Phi) is 5.33. The van der Waals surface area contributed by atoms with Gasteiger partial charge < -0.3 is 14.6 Å². The quantitative estimate of drug-likeness (QED) is 0.800. The number of fused-ring (bicyclic) bond motifs is 1. The molecule has 5 heteroatoms. The van der Waals surface area contributed by atoms with Gasteiger partial charge in [0, 0.05) is 6.54 Å². The predicted molar refractivity (Wildman–Crippen MR) is 87.6 cm³/mol. The van der Waals surface area contributed by atoms with E-state index in [1.54, 1.807) is 13.0 Å². The molecule has 0 radical (unpaired) electrons. The van der Waals surface area contributed by atoms with E-state index in [0.717, 1.165) is 23.4 Å². The summed E-state index contributed by atoms with van der Waals surface area (Å²) in [5, 5.41) is 2.96. The third kappa shape index (κ3) is 3.36. The van der Waals surface area contributed by atoms with Gasteiger partial charge in [0.05, 0.1) is 23.7 Å². The highest BCUT2D eigenvalue weighted by atomic mass is 16.5. The minimum absolute atomic E-state index is 0.149. The standard InChI is InChI=1S/C17H23N3O2/c1-5-11-22-13(4)17(21)18-12(3)16-19-14-9-7-8-10-15(14)20(16)6-2/h5,7-10,12-13H,1,6,11H2,2-4H3,(H,18,21)/t12-,13-/m1/s1. The fraction of sp³-hybridized carbons (Fsp3) is 0.412. The molecule has 0 aliphatic rings. The first-order chi connectivity index (χ1) is 10.6. The number of carbonyl (C=O) groups excluding carboxylic acids is 1. The third-order valence-electron chi connectivity index (χ3n) is 3.58. The number of nitrogens with zero attached hydrogens (tertiary/aromatic N) is 2. The summed E-state index contributed by atoms with van der Waals surface area (Å²) in [6.45, 7) is 10.5. The Morgan fingerprint density at radius 2 is 2.18 bits per heavy atom. The van der Waals surface area contributed by atoms with Crippen LogP contribution in [0, 0.1) is 0 Å². The van der Waals surface area contributed by atoms with E-state index in [1.807, 2.05) is 31.2 Å². The number of hydrogen-bond acceptors (Lipinski definition) is 3. The van der Waals surface area contributed by atoms with E-state index in [0.29, 0.717) is 6.61 Å². The lowest BCUT2D eigenvalue weighted by atomic mass is 10.2. The van der Waals surface area contributed by atoms with Gasteiger partial charge in [-0.2, -0.15) is 0 Å². The van der Waals surface area contributed by atoms with Crippen molar-refractivity contribution in [3.63, 3.8) is 0 Å². The molecule has 0 saturated carbocycles. The highest BCUT2D eigenvalue weighted by Crippen LogP contribution is 2.20. The second kappa shape index (κ2) is 7.22. The second-order valence-corrected chi connectivity index (χ2v) is 5.20. The first-order valence-corrected chi connectivity index (χ1v) is 7.56. The normalized spacial score (nSPS) is 13.8. The fourth-order valence-electron chi connectivity index (χ4n) is 2.44. The van der Waals surface area contributed by atoms with Crippen molar-refractivity contribution in [2.45, 2.75) is 39.5 Å². The Morgan fingerprint density at radius 3 is 2.86 bits per heavy atom. The monoisotopic (exact) mass is 301 g/mol. The Labute approximate surface area is 131 Å². The van der Waals surface area contributed by atoms with Crippen LogP contribution in [0.3, 0.4) is 0 Å². The van der Waals surface area contributed by atoms with Crippen molar-refractivity contribution in [1.82, 2.24) is 14.9 Å². The van der Waals surface area contributed by atoms with E-state index >= 15 is 0 Å². The zero-order valence-electron chi connectivity index (χ0n) is 13.4. The molecule has 0 unspecified atom stereocenters. The molecular formula is C17H23N3O2. The molecule has 22 heavy (non-hydrogen) atoms. The SMILES string of the molecule is C=CCO[C@H](C)C(=O)N[C@H](C)c1nc2ccccc2n1CC. The summed E-state index contributed by atoms with van der Waals surface area (Å²) in [4.78, 5) is 16.8. The molecule has 2 atom stereocenters. The molecular weight excluding hydrogens is 278 g/mol. The molecule has 2 rings (SSSR count). The van der Waals surface area contributed by atoms with Crippen molar-refractivity contribution in [3.05, 3.63) is 42.7 Å². The average Bonchev–Trinajstić information content (AvgIpc) is 2.91. The smallest absolute Gasteiger partial charge is 0.249 e. The van der Waals surface area contributed by atoms with Crippen molar-refractivity contribution >= 4 is 16.9 Å². The van der Waals surface area contributed by atoms with Crippen LogP contribution in [-0.4, -0.2) is 28.2 Å². The van der Waals surface area contributed by atoms with Gasteiger partial charge in [-0.25, -0.2) is 4.98 Å². The maximum Gasteiger partial charge on any atom is 0.249 e. The van der Waals surface area contributed by atoms with Crippen molar-refractivity contribution in [1.29, 1.82) is 0 Å². The number of imidazole rings is 1. The summed E-state index contributed by atoms with van der Waals surface area (Å²) in [5.41, 5.74) is 2.02. The number of amides is 1. The Morgan fingerprint density at radius 1 is 1.45 bits per heavy atom. The Bertz CT molecular complexity index is 663. The number of carbonyl (C=O) groups is 1. The van der Waals surface area contributed by atoms with Crippen LogP contribution in [0.1, 0.15) is 32.6 Å². The molecule has 0 bridgehead atoms. The number of ether oxygens (including phenoxy) is 1. The van der Waals surface area contributed by atoms with Crippen LogP contribution in [0.2, 0.25) is 0 Å². The van der Waals surface area contributed by atoms with Gasteiger partial charge >= 0.3 is 0 Å². The number of aromatic nitrogens is 2. The van der Waals surface area contributed by atoms with Crippen molar-refractivity contribution in [2.24, 2.45) is 0 Å². The summed E-state index contributed by atoms with van der Waals surface area (Å²) in [6, 6.07) is 7.80. The van der Waals surface area contributed by atoms with Crippen LogP contribution < -0.4 is 5.32 Å². The molecule has 0 aliphatic heterocycles. The molecule has 0 spiro atoms. The van der Waals surface area contributed by atoms with E-state index in [4.69, 9.17) is 4.74 Å². The Hall–Kier alpha value is -2.14. The van der Waals surface area contributed by atoms with E-state index < -0.39 is 6.10 Å². The highest BCUT2D eigenvalue weighted by Gasteiger charge is 2.20. The zero-order valence-corrected chi connectivity index (χ0v) is 13.4. The van der Waals surface area contributed by atoms with Crippen LogP contribution in [-0.2, 0) is 16.1 Å². The lowest BCUT2D eigenvalue weighted by Crippen LogP contribution is -2.37. The lowest BCUT2D eigenvalue weighted by Gasteiger charge is -2.18. The molecule has 118 valence electrons. The highest BCUT2D eigenvalue weighted by molar-refractivity contribution is 5.81. The van der Waals surface area contributed by atoms with Crippen LogP contribution >= 0.6 is 0 Å². The van der Waals surface area contributed by atoms with Gasteiger partial charge in [0.2, 0.25) is 5.91 Å². The van der Waals surface area contributed by atoms with Gasteiger partial charge in [-0.3, -0.25) is 4.79 Å². The van der Waals surface area contributed by atoms with Gasteiger partial charge in [-0.05, 0) is 32.9 Å². The van der Waals surface area contributed by atoms with E-state index in [9.17, 15) is 4.79 Å². The summed E-state index contributed by atoms with van der Waals surface area (Å²) in [6.07, 6.45) is 1.11. The molecule has 1 aromatic carbocycles. The Balaban J connectivity index is 2.17. The molecule has 0 saturated heterocycles. The van der Waals surface area contributed by atoms with Gasteiger partial charge in [-0.15, -0.1) is 6.58 Å². The van der Waals surface area contributed by atoms with Gasteiger partial charge in [0.15, 0.2) is 0 Å². The molecule has 1 amide bonds. The van der Waals surface area contributed by atoms with Crippen LogP contribution in [0.4, 0.5) is 0 Å². The van der Waals surface area contributed by atoms with Gasteiger partial charge in [-0.1, -0.05) is 18.2 Å². The molecule has 5 nitrogen and oxygen atoms in total. The lowest BCUT2D eigenvalue weighted by molar-refractivity contribution is -0.131. The van der Waals surface area contributed by atoms with Gasteiger partial charge in [0.1, 0.15) is 11.9 Å². The number of aryl methyl sites for hydroxylation is 1. The maximum atomic E-state index is 12.1. The fourth-order valence-corrected chi connectivity index (χ4v) is 2.44. The van der Waals surface area contributed by atoms with Crippen molar-refractivity contribution in [2.75, 3.05) is 6.61 Å². The van der Waals surface area contributed by atoms with Crippen LogP contribution in [0.5, 0.6) is 0 Å². The average molecular weight is 301 g/mol. The summed E-state index contributed by atoms with van der Waals surface area (Å²) in [7, 11) is 0. The molecule has 1 aromatic heterocycles. The van der Waals surface area contributed by atoms with E-state index in [2.05, 4.69) is 28.4 Å². The summed E-state index contributed by atoms with van der Waals surface area (Å²) < 4.78 is 7.47. The topological polar surface area (TPSA) is 56.1 Å². The number of rotatable bonds is 7. The minimum atomic E-state index is -0.514. The van der Waals surface area contributed by atoms with Crippen molar-refractivity contribution < 1.29 is 9.53 Å². The second-order valence-electron chi connectivity index (χ2n) is 5.20. The van der Waals surface area contributed by atoms with Gasteiger partial charge in [0.25, 0.3) is 0 Å². The molecule has 0 aliphatic carbocycles.